The van der Waals surface area contributed by atoms with Gasteiger partial charge in [-0.15, -0.1) is 23.5 Å². The Hall–Kier alpha value is -1.23. The van der Waals surface area contributed by atoms with Gasteiger partial charge in [0.05, 0.1) is 6.10 Å². The maximum absolute atomic E-state index is 8.81. The van der Waals surface area contributed by atoms with E-state index in [2.05, 4.69) is 48.5 Å². The highest BCUT2D eigenvalue weighted by Crippen LogP contribution is 2.23. The number of carbonyl (C=O) groups is 1. The molecule has 0 spiro atoms. The lowest BCUT2D eigenvalue weighted by Crippen LogP contribution is -2.16. The van der Waals surface area contributed by atoms with Crippen LogP contribution in [0.1, 0.15) is 20.8 Å². The van der Waals surface area contributed by atoms with E-state index in [9.17, 15) is 0 Å². The lowest BCUT2D eigenvalue weighted by molar-refractivity contribution is -0.106. The molecule has 132 valence electrons. The van der Waals surface area contributed by atoms with Crippen LogP contribution >= 0.6 is 23.5 Å². The van der Waals surface area contributed by atoms with Crippen LogP contribution in [-0.2, 0) is 9.53 Å². The first-order valence-electron chi connectivity index (χ1n) is 8.08. The van der Waals surface area contributed by atoms with E-state index in [4.69, 9.17) is 9.53 Å². The van der Waals surface area contributed by atoms with Gasteiger partial charge in [-0.25, -0.2) is 0 Å². The van der Waals surface area contributed by atoms with Gasteiger partial charge in [-0.2, -0.15) is 0 Å². The van der Waals surface area contributed by atoms with E-state index in [0.29, 0.717) is 0 Å². The zero-order valence-electron chi connectivity index (χ0n) is 15.0. The summed E-state index contributed by atoms with van der Waals surface area (Å²) >= 11 is 3.70. The van der Waals surface area contributed by atoms with Gasteiger partial charge >= 0.3 is 0 Å². The van der Waals surface area contributed by atoms with Gasteiger partial charge < -0.3 is 9.53 Å². The van der Waals surface area contributed by atoms with E-state index in [1.807, 2.05) is 49.5 Å². The van der Waals surface area contributed by atoms with Crippen LogP contribution in [0.25, 0.3) is 0 Å². The smallest absolute Gasteiger partial charge is 0.116 e. The van der Waals surface area contributed by atoms with Crippen molar-refractivity contribution < 1.29 is 9.53 Å². The van der Waals surface area contributed by atoms with Crippen molar-refractivity contribution in [1.29, 1.82) is 0 Å². The average Bonchev–Trinajstić information content (AvgIpc) is 2.66. The van der Waals surface area contributed by atoms with Crippen molar-refractivity contribution in [3.05, 3.63) is 60.7 Å². The number of hydrogen-bond acceptors (Lipinski definition) is 4. The highest BCUT2D eigenvalue weighted by molar-refractivity contribution is 8.00. The zero-order valence-corrected chi connectivity index (χ0v) is 16.6. The molecule has 4 heteroatoms. The van der Waals surface area contributed by atoms with Crippen LogP contribution < -0.4 is 0 Å². The highest BCUT2D eigenvalue weighted by atomic mass is 32.2. The number of thioether (sulfide) groups is 2. The number of hydrogen-bond donors (Lipinski definition) is 0. The molecule has 0 unspecified atom stereocenters. The molecule has 0 N–H and O–H groups in total. The summed E-state index contributed by atoms with van der Waals surface area (Å²) in [5, 5.41) is 0. The van der Waals surface area contributed by atoms with Crippen molar-refractivity contribution >= 4 is 29.8 Å². The van der Waals surface area contributed by atoms with Gasteiger partial charge in [-0.3, -0.25) is 0 Å². The molecule has 0 atom stereocenters. The molecule has 2 nitrogen and oxygen atoms in total. The van der Waals surface area contributed by atoms with E-state index in [1.54, 1.807) is 7.11 Å². The number of carbonyl (C=O) groups excluding carboxylic acids is 1. The standard InChI is InChI=1S/C16H18OS2.C2H4O.C2H6/c1-17-14(12-18-15-8-4-2-5-9-15)13-19-16-10-6-3-7-11-16;1-2-3;1-2/h2-11,14H,12-13H2,1H3;2H,1H3;1-2H3. The molecule has 24 heavy (non-hydrogen) atoms. The van der Waals surface area contributed by atoms with Crippen LogP contribution in [0.3, 0.4) is 0 Å². The molecule has 2 aromatic rings. The Morgan fingerprint density at radius 1 is 0.875 bits per heavy atom. The monoisotopic (exact) mass is 364 g/mol. The van der Waals surface area contributed by atoms with E-state index < -0.39 is 0 Å². The van der Waals surface area contributed by atoms with Gasteiger partial charge in [0.15, 0.2) is 0 Å². The highest BCUT2D eigenvalue weighted by Gasteiger charge is 2.08. The van der Waals surface area contributed by atoms with Crippen LogP contribution in [0.2, 0.25) is 0 Å². The summed E-state index contributed by atoms with van der Waals surface area (Å²) in [6, 6.07) is 20.9. The minimum Gasteiger partial charge on any atom is -0.380 e. The summed E-state index contributed by atoms with van der Waals surface area (Å²) in [5.74, 6) is 1.97. The largest absolute Gasteiger partial charge is 0.380 e. The molecule has 0 aromatic heterocycles. The fraction of sp³-hybridized carbons (Fsp3) is 0.350. The number of rotatable bonds is 7. The van der Waals surface area contributed by atoms with Gasteiger partial charge in [0, 0.05) is 28.4 Å². The van der Waals surface area contributed by atoms with E-state index >= 15 is 0 Å². The van der Waals surface area contributed by atoms with Crippen LogP contribution in [0.5, 0.6) is 0 Å². The molecule has 2 aromatic carbocycles. The third kappa shape index (κ3) is 11.3. The van der Waals surface area contributed by atoms with Crippen molar-refractivity contribution in [2.24, 2.45) is 0 Å². The molecule has 0 bridgehead atoms. The van der Waals surface area contributed by atoms with Crippen molar-refractivity contribution in [3.8, 4) is 0 Å². The van der Waals surface area contributed by atoms with Crippen molar-refractivity contribution in [1.82, 2.24) is 0 Å². The van der Waals surface area contributed by atoms with Crippen LogP contribution in [-0.4, -0.2) is 31.0 Å². The maximum atomic E-state index is 8.81. The molecule has 0 aliphatic rings. The Morgan fingerprint density at radius 2 is 1.21 bits per heavy atom. The van der Waals surface area contributed by atoms with Crippen LogP contribution in [0.15, 0.2) is 70.5 Å². The molecule has 0 radical (unpaired) electrons. The third-order valence-corrected chi connectivity index (χ3v) is 4.98. The maximum Gasteiger partial charge on any atom is 0.116 e. The van der Waals surface area contributed by atoms with Gasteiger partial charge in [-0.05, 0) is 31.2 Å². The summed E-state index contributed by atoms with van der Waals surface area (Å²) in [6.45, 7) is 5.44. The summed E-state index contributed by atoms with van der Waals surface area (Å²) < 4.78 is 5.55. The van der Waals surface area contributed by atoms with Crippen LogP contribution in [0.4, 0.5) is 0 Å². The Kier molecular flexibility index (Phi) is 15.8. The SMILES string of the molecule is CC.CC=O.COC(CSc1ccccc1)CSc1ccccc1. The molecule has 0 saturated carbocycles. The summed E-state index contributed by atoms with van der Waals surface area (Å²) in [4.78, 5) is 11.4. The minimum atomic E-state index is 0.274. The van der Waals surface area contributed by atoms with E-state index in [1.165, 1.54) is 16.7 Å². The molecule has 0 saturated heterocycles. The second-order valence-electron chi connectivity index (χ2n) is 4.34. The van der Waals surface area contributed by atoms with Crippen molar-refractivity contribution in [3.63, 3.8) is 0 Å². The first kappa shape index (κ1) is 22.8. The zero-order chi connectivity index (χ0) is 18.0. The van der Waals surface area contributed by atoms with E-state index in [0.717, 1.165) is 17.8 Å². The molecule has 0 aliphatic heterocycles. The molecular weight excluding hydrogens is 336 g/mol. The predicted octanol–water partition coefficient (Wildman–Crippen LogP) is 5.82. The van der Waals surface area contributed by atoms with E-state index in [-0.39, 0.29) is 6.10 Å². The van der Waals surface area contributed by atoms with Crippen LogP contribution in [0, 0.1) is 0 Å². The second kappa shape index (κ2) is 16.6. The molecule has 0 aliphatic carbocycles. The Balaban J connectivity index is 0.000000952. The lowest BCUT2D eigenvalue weighted by atomic mass is 10.4. The number of aldehydes is 1. The molecule has 0 amide bonds. The average molecular weight is 365 g/mol. The Bertz CT molecular complexity index is 460. The quantitative estimate of drug-likeness (QED) is 0.457. The first-order valence-corrected chi connectivity index (χ1v) is 10.1. The number of ether oxygens (including phenoxy) is 1. The van der Waals surface area contributed by atoms with Gasteiger partial charge in [0.1, 0.15) is 6.29 Å². The number of methoxy groups -OCH3 is 1. The summed E-state index contributed by atoms with van der Waals surface area (Å²) in [7, 11) is 1.79. The number of benzene rings is 2. The Labute approximate surface area is 155 Å². The normalized spacial score (nSPS) is 9.38. The topological polar surface area (TPSA) is 26.3 Å². The summed E-state index contributed by atoms with van der Waals surface area (Å²) in [6.07, 6.45) is 1.02. The molecule has 0 heterocycles. The van der Waals surface area contributed by atoms with Crippen molar-refractivity contribution in [2.45, 2.75) is 36.7 Å². The molecule has 0 fully saturated rings. The minimum absolute atomic E-state index is 0.274. The molecular formula is C20H28O2S2. The Morgan fingerprint density at radius 3 is 1.50 bits per heavy atom. The fourth-order valence-corrected chi connectivity index (χ4v) is 3.71. The third-order valence-electron chi connectivity index (χ3n) is 2.69. The van der Waals surface area contributed by atoms with Gasteiger partial charge in [0.2, 0.25) is 0 Å². The van der Waals surface area contributed by atoms with Gasteiger partial charge in [-0.1, -0.05) is 50.2 Å². The fourth-order valence-electron chi connectivity index (χ4n) is 1.60. The first-order chi connectivity index (χ1) is 11.8. The van der Waals surface area contributed by atoms with Gasteiger partial charge in [0.25, 0.3) is 0 Å². The molecule has 2 rings (SSSR count). The predicted molar refractivity (Wildman–Crippen MR) is 108 cm³/mol. The summed E-state index contributed by atoms with van der Waals surface area (Å²) in [5.41, 5.74) is 0. The van der Waals surface area contributed by atoms with Crippen molar-refractivity contribution in [2.75, 3.05) is 18.6 Å². The lowest BCUT2D eigenvalue weighted by Gasteiger charge is -2.14. The second-order valence-corrected chi connectivity index (χ2v) is 6.53.